The first kappa shape index (κ1) is 19.9. The summed E-state index contributed by atoms with van der Waals surface area (Å²) in [5.41, 5.74) is 5.16. The maximum absolute atomic E-state index is 4.26. The van der Waals surface area contributed by atoms with E-state index < -0.39 is 0 Å². The van der Waals surface area contributed by atoms with Crippen LogP contribution in [-0.2, 0) is 0 Å². The van der Waals surface area contributed by atoms with Crippen molar-refractivity contribution in [3.05, 3.63) is 66.0 Å². The van der Waals surface area contributed by atoms with Crippen LogP contribution in [0.4, 0.5) is 5.69 Å². The third-order valence-electron chi connectivity index (χ3n) is 3.43. The number of rotatable bonds is 7. The van der Waals surface area contributed by atoms with Gasteiger partial charge in [-0.1, -0.05) is 32.6 Å². The van der Waals surface area contributed by atoms with E-state index in [2.05, 4.69) is 55.1 Å². The quantitative estimate of drug-likeness (QED) is 0.689. The lowest BCUT2D eigenvalue weighted by molar-refractivity contribution is 0.662. The van der Waals surface area contributed by atoms with Gasteiger partial charge in [0.15, 0.2) is 0 Å². The number of benzene rings is 1. The van der Waals surface area contributed by atoms with E-state index in [0.29, 0.717) is 0 Å². The number of aromatic nitrogens is 1. The van der Waals surface area contributed by atoms with Crippen molar-refractivity contribution < 1.29 is 0 Å². The highest BCUT2D eigenvalue weighted by atomic mass is 14.9. The lowest BCUT2D eigenvalue weighted by Crippen LogP contribution is -2.14. The summed E-state index contributed by atoms with van der Waals surface area (Å²) in [6.07, 6.45) is 4.33. The second-order valence-electron chi connectivity index (χ2n) is 5.91. The van der Waals surface area contributed by atoms with E-state index in [9.17, 15) is 0 Å². The molecule has 0 saturated heterocycles. The van der Waals surface area contributed by atoms with Crippen molar-refractivity contribution in [2.24, 2.45) is 0 Å². The average molecular weight is 326 g/mol. The summed E-state index contributed by atoms with van der Waals surface area (Å²) in [6, 6.07) is 12.2. The van der Waals surface area contributed by atoms with E-state index in [1.807, 2.05) is 37.4 Å². The van der Waals surface area contributed by atoms with Crippen LogP contribution in [0.15, 0.2) is 49.2 Å². The molecule has 1 aromatic carbocycles. The van der Waals surface area contributed by atoms with Gasteiger partial charge < -0.3 is 10.6 Å². The predicted molar refractivity (Wildman–Crippen MR) is 106 cm³/mol. The van der Waals surface area contributed by atoms with E-state index in [-0.39, 0.29) is 0 Å². The van der Waals surface area contributed by atoms with Gasteiger partial charge in [-0.15, -0.1) is 0 Å². The number of nitrogens with zero attached hydrogens (tertiary/aromatic N) is 1. The van der Waals surface area contributed by atoms with E-state index >= 15 is 0 Å². The highest BCUT2D eigenvalue weighted by Crippen LogP contribution is 2.17. The normalized spacial score (nSPS) is 9.83. The largest absolute Gasteiger partial charge is 0.355 e. The predicted octanol–water partition coefficient (Wildman–Crippen LogP) is 5.18. The number of aryl methyl sites for hydroxylation is 2. The lowest BCUT2D eigenvalue weighted by Gasteiger charge is -2.10. The highest BCUT2D eigenvalue weighted by molar-refractivity contribution is 5.74. The van der Waals surface area contributed by atoms with Crippen LogP contribution in [0, 0.1) is 13.8 Å². The van der Waals surface area contributed by atoms with Crippen molar-refractivity contribution in [1.82, 2.24) is 10.3 Å². The summed E-state index contributed by atoms with van der Waals surface area (Å²) < 4.78 is 0. The van der Waals surface area contributed by atoms with Crippen molar-refractivity contribution in [1.29, 1.82) is 0 Å². The Morgan fingerprint density at radius 1 is 1.04 bits per heavy atom. The van der Waals surface area contributed by atoms with Gasteiger partial charge in [-0.2, -0.15) is 0 Å². The first-order valence-corrected chi connectivity index (χ1v) is 8.73. The molecule has 3 heteroatoms. The summed E-state index contributed by atoms with van der Waals surface area (Å²) in [6.45, 7) is 14.8. The minimum Gasteiger partial charge on any atom is -0.355 e. The third-order valence-corrected chi connectivity index (χ3v) is 3.43. The van der Waals surface area contributed by atoms with E-state index in [1.165, 1.54) is 31.5 Å². The molecule has 0 unspecified atom stereocenters. The minimum atomic E-state index is 0.864. The van der Waals surface area contributed by atoms with Crippen molar-refractivity contribution in [2.45, 2.75) is 40.5 Å². The molecule has 0 saturated carbocycles. The molecule has 0 amide bonds. The lowest BCUT2D eigenvalue weighted by atomic mass is 10.2. The van der Waals surface area contributed by atoms with Gasteiger partial charge in [-0.25, -0.2) is 0 Å². The van der Waals surface area contributed by atoms with Crippen molar-refractivity contribution in [3.63, 3.8) is 0 Å². The van der Waals surface area contributed by atoms with E-state index in [1.54, 1.807) is 0 Å². The number of anilines is 1. The molecule has 0 radical (unpaired) electrons. The van der Waals surface area contributed by atoms with Crippen LogP contribution in [0.5, 0.6) is 0 Å². The molecule has 0 fully saturated rings. The Hall–Kier alpha value is -2.13. The molecule has 2 rings (SSSR count). The molecule has 3 nitrogen and oxygen atoms in total. The summed E-state index contributed by atoms with van der Waals surface area (Å²) >= 11 is 0. The zero-order valence-electron chi connectivity index (χ0n) is 15.5. The number of nitrogens with one attached hydrogen (secondary N) is 2. The average Bonchev–Trinajstić information content (AvgIpc) is 2.56. The Morgan fingerprint density at radius 3 is 2.29 bits per heavy atom. The molecule has 0 atom stereocenters. The molecular weight excluding hydrogens is 294 g/mol. The molecule has 130 valence electrons. The van der Waals surface area contributed by atoms with Gasteiger partial charge in [0.25, 0.3) is 0 Å². The maximum atomic E-state index is 4.26. The van der Waals surface area contributed by atoms with E-state index in [4.69, 9.17) is 0 Å². The second kappa shape index (κ2) is 11.4. The van der Waals surface area contributed by atoms with Crippen LogP contribution in [0.3, 0.4) is 0 Å². The van der Waals surface area contributed by atoms with Crippen LogP contribution in [-0.4, -0.2) is 18.1 Å². The highest BCUT2D eigenvalue weighted by Gasteiger charge is 2.00. The molecule has 1 aromatic heterocycles. The summed E-state index contributed by atoms with van der Waals surface area (Å²) in [5.74, 6) is 0. The molecule has 0 spiro atoms. The first-order chi connectivity index (χ1) is 11.6. The molecule has 0 aliphatic rings. The smallest absolute Gasteiger partial charge is 0.0400 e. The maximum Gasteiger partial charge on any atom is 0.0400 e. The summed E-state index contributed by atoms with van der Waals surface area (Å²) in [5, 5.41) is 6.57. The Balaban J connectivity index is 0.000000351. The van der Waals surface area contributed by atoms with Crippen LogP contribution in [0.1, 0.15) is 43.5 Å². The Kier molecular flexibility index (Phi) is 9.47. The number of hydrogen-bond acceptors (Lipinski definition) is 3. The first-order valence-electron chi connectivity index (χ1n) is 8.73. The van der Waals surface area contributed by atoms with Gasteiger partial charge in [0.05, 0.1) is 0 Å². The summed E-state index contributed by atoms with van der Waals surface area (Å²) in [7, 11) is 0. The van der Waals surface area contributed by atoms with Gasteiger partial charge in [-0.3, -0.25) is 4.98 Å². The van der Waals surface area contributed by atoms with Crippen LogP contribution in [0.2, 0.25) is 0 Å². The third kappa shape index (κ3) is 7.93. The van der Waals surface area contributed by atoms with Crippen LogP contribution in [0.25, 0.3) is 5.70 Å². The molecule has 0 bridgehead atoms. The second-order valence-corrected chi connectivity index (χ2v) is 5.91. The monoisotopic (exact) mass is 325 g/mol. The molecule has 2 N–H and O–H groups in total. The number of pyridine rings is 1. The van der Waals surface area contributed by atoms with Gasteiger partial charge >= 0.3 is 0 Å². The zero-order chi connectivity index (χ0) is 17.8. The van der Waals surface area contributed by atoms with Crippen molar-refractivity contribution in [2.75, 3.05) is 18.4 Å². The fourth-order valence-electron chi connectivity index (χ4n) is 2.09. The van der Waals surface area contributed by atoms with Gasteiger partial charge in [0.2, 0.25) is 0 Å². The van der Waals surface area contributed by atoms with Gasteiger partial charge in [-0.05, 0) is 69.6 Å². The molecular formula is C21H31N3. The topological polar surface area (TPSA) is 37.0 Å². The number of hydrogen-bond donors (Lipinski definition) is 2. The van der Waals surface area contributed by atoms with Crippen molar-refractivity contribution in [3.8, 4) is 0 Å². The standard InChI is InChI=1S/C15H16N2.C6H15N/c1-11-5-4-6-15(9-11)17-13(3)14-8-7-12(2)16-10-14;1-3-5-7-6-4-2/h4-10,17H,3H2,1-2H3;7H,3-6H2,1-2H3. The van der Waals surface area contributed by atoms with Crippen LogP contribution < -0.4 is 10.6 Å². The molecule has 2 aromatic rings. The zero-order valence-corrected chi connectivity index (χ0v) is 15.5. The van der Waals surface area contributed by atoms with Gasteiger partial charge in [0, 0.05) is 28.8 Å². The summed E-state index contributed by atoms with van der Waals surface area (Å²) in [4.78, 5) is 4.26. The fraction of sp³-hybridized carbons (Fsp3) is 0.381. The van der Waals surface area contributed by atoms with E-state index in [0.717, 1.165) is 22.6 Å². The minimum absolute atomic E-state index is 0.864. The molecule has 1 heterocycles. The Bertz CT molecular complexity index is 599. The van der Waals surface area contributed by atoms with Gasteiger partial charge in [0.1, 0.15) is 0 Å². The molecule has 24 heavy (non-hydrogen) atoms. The molecule has 0 aliphatic heterocycles. The van der Waals surface area contributed by atoms with Crippen molar-refractivity contribution >= 4 is 11.4 Å². The SMILES string of the molecule is C=C(Nc1cccc(C)c1)c1ccc(C)nc1.CCCNCCC. The molecule has 0 aliphatic carbocycles. The Labute approximate surface area is 147 Å². The van der Waals surface area contributed by atoms with Crippen LogP contribution >= 0.6 is 0 Å². The Morgan fingerprint density at radius 2 is 1.75 bits per heavy atom. The fourth-order valence-corrected chi connectivity index (χ4v) is 2.09.